The Labute approximate surface area is 109 Å². The number of rotatable bonds is 5. The van der Waals surface area contributed by atoms with E-state index in [1.165, 1.54) is 4.88 Å². The molecule has 0 fully saturated rings. The predicted octanol–water partition coefficient (Wildman–Crippen LogP) is 3.37. The molecule has 98 valence electrons. The third kappa shape index (κ3) is 4.74. The Morgan fingerprint density at radius 2 is 2.06 bits per heavy atom. The molecule has 4 heteroatoms. The summed E-state index contributed by atoms with van der Waals surface area (Å²) in [6.45, 7) is 11.7. The van der Waals surface area contributed by atoms with Crippen molar-refractivity contribution >= 4 is 11.3 Å². The van der Waals surface area contributed by atoms with Crippen molar-refractivity contribution < 1.29 is 4.74 Å². The van der Waals surface area contributed by atoms with Gasteiger partial charge in [-0.1, -0.05) is 13.8 Å². The fraction of sp³-hybridized carbons (Fsp3) is 0.769. The largest absolute Gasteiger partial charge is 0.374 e. The van der Waals surface area contributed by atoms with Crippen LogP contribution in [0.15, 0.2) is 6.20 Å². The zero-order valence-corrected chi connectivity index (χ0v) is 12.5. The molecule has 0 aliphatic carbocycles. The molecular formula is C13H24N2OS. The molecule has 0 saturated heterocycles. The quantitative estimate of drug-likeness (QED) is 0.877. The molecule has 0 amide bonds. The Morgan fingerprint density at radius 3 is 2.53 bits per heavy atom. The molecule has 0 bridgehead atoms. The number of ether oxygens (including phenoxy) is 1. The zero-order valence-electron chi connectivity index (χ0n) is 11.7. The van der Waals surface area contributed by atoms with Gasteiger partial charge in [-0.2, -0.15) is 0 Å². The van der Waals surface area contributed by atoms with Crippen molar-refractivity contribution in [2.45, 2.75) is 52.8 Å². The topological polar surface area (TPSA) is 34.1 Å². The van der Waals surface area contributed by atoms with E-state index in [0.29, 0.717) is 5.92 Å². The lowest BCUT2D eigenvalue weighted by Gasteiger charge is -2.19. The van der Waals surface area contributed by atoms with Crippen molar-refractivity contribution in [3.05, 3.63) is 16.1 Å². The summed E-state index contributed by atoms with van der Waals surface area (Å²) in [6.07, 6.45) is 2.07. The van der Waals surface area contributed by atoms with Crippen molar-refractivity contribution in [3.63, 3.8) is 0 Å². The number of hydrogen-bond acceptors (Lipinski definition) is 4. The number of methoxy groups -OCH3 is 1. The van der Waals surface area contributed by atoms with E-state index in [1.54, 1.807) is 18.4 Å². The maximum absolute atomic E-state index is 5.48. The summed E-state index contributed by atoms with van der Waals surface area (Å²) < 4.78 is 5.48. The highest BCUT2D eigenvalue weighted by Crippen LogP contribution is 2.28. The van der Waals surface area contributed by atoms with Crippen LogP contribution < -0.4 is 5.32 Å². The first-order chi connectivity index (χ1) is 7.83. The van der Waals surface area contributed by atoms with Crippen molar-refractivity contribution in [2.24, 2.45) is 5.92 Å². The lowest BCUT2D eigenvalue weighted by molar-refractivity contribution is 0.0644. The third-order valence-electron chi connectivity index (χ3n) is 2.47. The van der Waals surface area contributed by atoms with Crippen LogP contribution in [0.5, 0.6) is 0 Å². The molecule has 1 aromatic heterocycles. The minimum absolute atomic E-state index is 0.114. The van der Waals surface area contributed by atoms with Crippen LogP contribution in [-0.4, -0.2) is 17.6 Å². The van der Waals surface area contributed by atoms with E-state index in [9.17, 15) is 0 Å². The highest BCUT2D eigenvalue weighted by atomic mass is 32.1. The summed E-state index contributed by atoms with van der Waals surface area (Å²) in [7, 11) is 1.75. The van der Waals surface area contributed by atoms with Crippen LogP contribution in [0.3, 0.4) is 0 Å². The second kappa shape index (κ2) is 5.94. The number of nitrogens with zero attached hydrogens (tertiary/aromatic N) is 1. The minimum atomic E-state index is 0.114. The molecule has 1 rings (SSSR count). The summed E-state index contributed by atoms with van der Waals surface area (Å²) >= 11 is 1.74. The lowest BCUT2D eigenvalue weighted by Crippen LogP contribution is -2.34. The monoisotopic (exact) mass is 256 g/mol. The van der Waals surface area contributed by atoms with Crippen molar-refractivity contribution in [3.8, 4) is 0 Å². The van der Waals surface area contributed by atoms with E-state index in [1.807, 2.05) is 6.20 Å². The van der Waals surface area contributed by atoms with Gasteiger partial charge in [0.25, 0.3) is 0 Å². The molecular weight excluding hydrogens is 232 g/mol. The average Bonchev–Trinajstić information content (AvgIpc) is 2.63. The standard InChI is InChI=1S/C13H24N2OS/c1-9(2)11(16-6)12-14-7-10(17-12)8-15-13(3,4)5/h7,9,11,15H,8H2,1-6H3. The molecule has 0 saturated carbocycles. The summed E-state index contributed by atoms with van der Waals surface area (Å²) in [4.78, 5) is 5.72. The van der Waals surface area contributed by atoms with Crippen LogP contribution in [-0.2, 0) is 11.3 Å². The number of thiazole rings is 1. The Balaban J connectivity index is 2.64. The zero-order chi connectivity index (χ0) is 13.1. The van der Waals surface area contributed by atoms with Crippen molar-refractivity contribution in [2.75, 3.05) is 7.11 Å². The molecule has 17 heavy (non-hydrogen) atoms. The fourth-order valence-electron chi connectivity index (χ4n) is 1.55. The normalized spacial score (nSPS) is 14.3. The van der Waals surface area contributed by atoms with Gasteiger partial charge in [0.15, 0.2) is 0 Å². The first-order valence-electron chi connectivity index (χ1n) is 6.06. The van der Waals surface area contributed by atoms with Crippen LogP contribution in [0.2, 0.25) is 0 Å². The second-order valence-electron chi connectivity index (χ2n) is 5.67. The fourth-order valence-corrected chi connectivity index (χ4v) is 2.65. The highest BCUT2D eigenvalue weighted by molar-refractivity contribution is 7.11. The van der Waals surface area contributed by atoms with E-state index in [0.717, 1.165) is 11.6 Å². The van der Waals surface area contributed by atoms with E-state index in [2.05, 4.69) is 44.9 Å². The lowest BCUT2D eigenvalue weighted by atomic mass is 10.1. The summed E-state index contributed by atoms with van der Waals surface area (Å²) in [6, 6.07) is 0. The average molecular weight is 256 g/mol. The predicted molar refractivity (Wildman–Crippen MR) is 73.3 cm³/mol. The second-order valence-corrected chi connectivity index (χ2v) is 6.82. The summed E-state index contributed by atoms with van der Waals surface area (Å²) in [5, 5.41) is 4.54. The van der Waals surface area contributed by atoms with Crippen LogP contribution in [0.4, 0.5) is 0 Å². The van der Waals surface area contributed by atoms with Crippen LogP contribution in [0.1, 0.15) is 50.6 Å². The van der Waals surface area contributed by atoms with Gasteiger partial charge in [0.05, 0.1) is 0 Å². The number of hydrogen-bond donors (Lipinski definition) is 1. The van der Waals surface area contributed by atoms with Crippen molar-refractivity contribution in [1.29, 1.82) is 0 Å². The van der Waals surface area contributed by atoms with Gasteiger partial charge in [-0.05, 0) is 26.7 Å². The van der Waals surface area contributed by atoms with Gasteiger partial charge in [0.1, 0.15) is 11.1 Å². The number of aromatic nitrogens is 1. The molecule has 1 N–H and O–H groups in total. The van der Waals surface area contributed by atoms with Gasteiger partial charge in [-0.3, -0.25) is 0 Å². The molecule has 1 aromatic rings. The maximum atomic E-state index is 5.48. The Kier molecular flexibility index (Phi) is 5.10. The number of nitrogens with one attached hydrogen (secondary N) is 1. The van der Waals surface area contributed by atoms with Crippen LogP contribution >= 0.6 is 11.3 Å². The van der Waals surface area contributed by atoms with Gasteiger partial charge in [0.2, 0.25) is 0 Å². The molecule has 0 aliphatic rings. The Hall–Kier alpha value is -0.450. The third-order valence-corrected chi connectivity index (χ3v) is 3.53. The van der Waals surface area contributed by atoms with E-state index >= 15 is 0 Å². The van der Waals surface area contributed by atoms with Crippen molar-refractivity contribution in [1.82, 2.24) is 10.3 Å². The molecule has 0 aromatic carbocycles. The molecule has 0 aliphatic heterocycles. The van der Waals surface area contributed by atoms with Crippen LogP contribution in [0.25, 0.3) is 0 Å². The minimum Gasteiger partial charge on any atom is -0.374 e. The molecule has 0 radical (unpaired) electrons. The smallest absolute Gasteiger partial charge is 0.122 e. The molecule has 1 unspecified atom stereocenters. The van der Waals surface area contributed by atoms with Gasteiger partial charge in [-0.25, -0.2) is 4.98 Å². The first kappa shape index (κ1) is 14.6. The maximum Gasteiger partial charge on any atom is 0.122 e. The molecule has 1 atom stereocenters. The first-order valence-corrected chi connectivity index (χ1v) is 6.87. The Morgan fingerprint density at radius 1 is 1.41 bits per heavy atom. The van der Waals surface area contributed by atoms with Crippen LogP contribution in [0, 0.1) is 5.92 Å². The van der Waals surface area contributed by atoms with Gasteiger partial charge >= 0.3 is 0 Å². The van der Waals surface area contributed by atoms with E-state index in [-0.39, 0.29) is 11.6 Å². The van der Waals surface area contributed by atoms with E-state index in [4.69, 9.17) is 4.74 Å². The Bertz CT molecular complexity index is 341. The van der Waals surface area contributed by atoms with Gasteiger partial charge in [0, 0.05) is 30.3 Å². The molecule has 1 heterocycles. The summed E-state index contributed by atoms with van der Waals surface area (Å²) in [5.41, 5.74) is 0.142. The molecule has 3 nitrogen and oxygen atoms in total. The molecule has 0 spiro atoms. The van der Waals surface area contributed by atoms with Gasteiger partial charge < -0.3 is 10.1 Å². The SMILES string of the molecule is COC(c1ncc(CNC(C)(C)C)s1)C(C)C. The highest BCUT2D eigenvalue weighted by Gasteiger charge is 2.19. The summed E-state index contributed by atoms with van der Waals surface area (Å²) in [5.74, 6) is 0.453. The van der Waals surface area contributed by atoms with E-state index < -0.39 is 0 Å². The van der Waals surface area contributed by atoms with Gasteiger partial charge in [-0.15, -0.1) is 11.3 Å².